The smallest absolute Gasteiger partial charge is 0.231 e. The topological polar surface area (TPSA) is 71.5 Å². The molecule has 2 atom stereocenters. The molecule has 2 heterocycles. The van der Waals surface area contributed by atoms with Gasteiger partial charge in [-0.25, -0.2) is 4.98 Å². The van der Waals surface area contributed by atoms with Crippen LogP contribution in [0.5, 0.6) is 5.75 Å². The van der Waals surface area contributed by atoms with E-state index in [0.717, 1.165) is 11.3 Å². The zero-order valence-corrected chi connectivity index (χ0v) is 14.4. The van der Waals surface area contributed by atoms with E-state index in [0.29, 0.717) is 18.0 Å². The molecule has 1 aromatic heterocycles. The third-order valence-electron chi connectivity index (χ3n) is 4.32. The van der Waals surface area contributed by atoms with E-state index in [1.807, 2.05) is 29.6 Å². The van der Waals surface area contributed by atoms with Gasteiger partial charge >= 0.3 is 0 Å². The van der Waals surface area contributed by atoms with Crippen LogP contribution in [0.4, 0.5) is 5.13 Å². The van der Waals surface area contributed by atoms with Crippen molar-refractivity contribution in [3.05, 3.63) is 41.4 Å². The van der Waals surface area contributed by atoms with Crippen molar-refractivity contribution in [2.45, 2.75) is 18.9 Å². The number of nitrogens with zero attached hydrogens (tertiary/aromatic N) is 2. The Morgan fingerprint density at radius 1 is 1.38 bits per heavy atom. The Bertz CT molecular complexity index is 715. The molecular weight excluding hydrogens is 326 g/mol. The minimum absolute atomic E-state index is 0.0501. The Kier molecular flexibility index (Phi) is 4.80. The molecule has 0 aliphatic carbocycles. The van der Waals surface area contributed by atoms with Crippen LogP contribution >= 0.6 is 11.3 Å². The van der Waals surface area contributed by atoms with E-state index in [1.165, 1.54) is 11.3 Å². The average Bonchev–Trinajstić information content (AvgIpc) is 3.10. The van der Waals surface area contributed by atoms with Crippen LogP contribution in [0.2, 0.25) is 0 Å². The average molecular weight is 345 g/mol. The van der Waals surface area contributed by atoms with Gasteiger partial charge in [0.25, 0.3) is 0 Å². The van der Waals surface area contributed by atoms with Gasteiger partial charge in [-0.1, -0.05) is 12.1 Å². The Hall–Kier alpha value is -2.41. The normalized spacial score (nSPS) is 20.8. The molecule has 126 valence electrons. The van der Waals surface area contributed by atoms with Crippen LogP contribution in [-0.4, -0.2) is 35.9 Å². The second kappa shape index (κ2) is 7.00. The second-order valence-electron chi connectivity index (χ2n) is 5.69. The lowest BCUT2D eigenvalue weighted by Gasteiger charge is -2.38. The number of carbonyl (C=O) groups is 2. The molecule has 1 fully saturated rings. The number of piperidine rings is 1. The molecule has 0 unspecified atom stereocenters. The largest absolute Gasteiger partial charge is 0.497 e. The molecule has 7 heteroatoms. The number of carbonyl (C=O) groups excluding carboxylic acids is 2. The molecule has 0 radical (unpaired) electrons. The predicted molar refractivity (Wildman–Crippen MR) is 92.0 cm³/mol. The van der Waals surface area contributed by atoms with Gasteiger partial charge in [-0.2, -0.15) is 0 Å². The molecule has 6 nitrogen and oxygen atoms in total. The van der Waals surface area contributed by atoms with Gasteiger partial charge in [0.2, 0.25) is 11.8 Å². The van der Waals surface area contributed by atoms with E-state index in [4.69, 9.17) is 4.74 Å². The van der Waals surface area contributed by atoms with Gasteiger partial charge in [-0.15, -0.1) is 11.3 Å². The molecule has 1 aromatic carbocycles. The summed E-state index contributed by atoms with van der Waals surface area (Å²) in [5.41, 5.74) is 0.922. The molecule has 1 saturated heterocycles. The van der Waals surface area contributed by atoms with Crippen LogP contribution in [0.1, 0.15) is 24.4 Å². The van der Waals surface area contributed by atoms with E-state index in [1.54, 1.807) is 25.3 Å². The van der Waals surface area contributed by atoms with Crippen molar-refractivity contribution in [3.8, 4) is 5.75 Å². The molecular formula is C17H19N3O3S. The number of ether oxygens (including phenoxy) is 1. The standard InChI is InChI=1S/C17H19N3O3S/c1-20-14(21)8-7-13(16(22)19-17-18-9-10-24-17)15(20)11-3-5-12(23-2)6-4-11/h3-6,9-10,13,15H,7-8H2,1-2H3,(H,18,19,22)/t13-,15+/m0/s1. The predicted octanol–water partition coefficient (Wildman–Crippen LogP) is 2.70. The fraction of sp³-hybridized carbons (Fsp3) is 0.353. The summed E-state index contributed by atoms with van der Waals surface area (Å²) >= 11 is 1.38. The monoisotopic (exact) mass is 345 g/mol. The molecule has 3 rings (SSSR count). The third kappa shape index (κ3) is 3.26. The number of amides is 2. The maximum Gasteiger partial charge on any atom is 0.231 e. The maximum atomic E-state index is 12.7. The molecule has 0 spiro atoms. The number of likely N-dealkylation sites (tertiary alicyclic amines) is 1. The van der Waals surface area contributed by atoms with Crippen LogP contribution in [-0.2, 0) is 9.59 Å². The van der Waals surface area contributed by atoms with Crippen molar-refractivity contribution in [2.75, 3.05) is 19.5 Å². The highest BCUT2D eigenvalue weighted by atomic mass is 32.1. The summed E-state index contributed by atoms with van der Waals surface area (Å²) in [6.45, 7) is 0. The molecule has 2 amide bonds. The van der Waals surface area contributed by atoms with Crippen molar-refractivity contribution in [1.29, 1.82) is 0 Å². The lowest BCUT2D eigenvalue weighted by molar-refractivity contribution is -0.140. The van der Waals surface area contributed by atoms with Gasteiger partial charge in [-0.3, -0.25) is 9.59 Å². The first kappa shape index (κ1) is 16.4. The Labute approximate surface area is 144 Å². The highest BCUT2D eigenvalue weighted by Gasteiger charge is 2.39. The summed E-state index contributed by atoms with van der Waals surface area (Å²) in [7, 11) is 3.36. The molecule has 24 heavy (non-hydrogen) atoms. The number of benzene rings is 1. The van der Waals surface area contributed by atoms with Gasteiger partial charge in [0.1, 0.15) is 5.75 Å². The fourth-order valence-corrected chi connectivity index (χ4v) is 3.58. The first-order valence-electron chi connectivity index (χ1n) is 7.70. The quantitative estimate of drug-likeness (QED) is 0.925. The highest BCUT2D eigenvalue weighted by Crippen LogP contribution is 2.37. The van der Waals surface area contributed by atoms with Crippen LogP contribution in [0.15, 0.2) is 35.8 Å². The van der Waals surface area contributed by atoms with Gasteiger partial charge < -0.3 is 15.0 Å². The molecule has 0 bridgehead atoms. The SMILES string of the molecule is COc1ccc([C@@H]2[C@@H](C(=O)Nc3nccs3)CCC(=O)N2C)cc1. The number of methoxy groups -OCH3 is 1. The molecule has 1 N–H and O–H groups in total. The van der Waals surface area contributed by atoms with Crippen LogP contribution < -0.4 is 10.1 Å². The Morgan fingerprint density at radius 3 is 2.75 bits per heavy atom. The molecule has 2 aromatic rings. The van der Waals surface area contributed by atoms with Gasteiger partial charge in [0.15, 0.2) is 5.13 Å². The number of hydrogen-bond donors (Lipinski definition) is 1. The number of aromatic nitrogens is 1. The van der Waals surface area contributed by atoms with Crippen molar-refractivity contribution in [3.63, 3.8) is 0 Å². The first-order chi connectivity index (χ1) is 11.6. The van der Waals surface area contributed by atoms with E-state index in [-0.39, 0.29) is 23.8 Å². The Balaban J connectivity index is 1.87. The summed E-state index contributed by atoms with van der Waals surface area (Å²) in [6.07, 6.45) is 2.55. The molecule has 0 saturated carbocycles. The zero-order chi connectivity index (χ0) is 17.1. The Morgan fingerprint density at radius 2 is 2.12 bits per heavy atom. The summed E-state index contributed by atoms with van der Waals surface area (Å²) in [5, 5.41) is 5.24. The fourth-order valence-electron chi connectivity index (χ4n) is 3.05. The number of nitrogens with one attached hydrogen (secondary N) is 1. The van der Waals surface area contributed by atoms with Gasteiger partial charge in [0, 0.05) is 25.0 Å². The van der Waals surface area contributed by atoms with E-state index < -0.39 is 0 Å². The van der Waals surface area contributed by atoms with Crippen LogP contribution in [0.25, 0.3) is 0 Å². The zero-order valence-electron chi connectivity index (χ0n) is 13.6. The maximum absolute atomic E-state index is 12.7. The first-order valence-corrected chi connectivity index (χ1v) is 8.58. The minimum atomic E-state index is -0.315. The number of thiazole rings is 1. The summed E-state index contributed by atoms with van der Waals surface area (Å²) in [6, 6.07) is 7.21. The van der Waals surface area contributed by atoms with Crippen LogP contribution in [0, 0.1) is 5.92 Å². The van der Waals surface area contributed by atoms with Crippen molar-refractivity contribution >= 4 is 28.3 Å². The molecule has 1 aliphatic rings. The minimum Gasteiger partial charge on any atom is -0.497 e. The van der Waals surface area contributed by atoms with Gasteiger partial charge in [0.05, 0.1) is 19.1 Å². The van der Waals surface area contributed by atoms with Gasteiger partial charge in [-0.05, 0) is 24.1 Å². The summed E-state index contributed by atoms with van der Waals surface area (Å²) in [4.78, 5) is 30.6. The van der Waals surface area contributed by atoms with E-state index >= 15 is 0 Å². The highest BCUT2D eigenvalue weighted by molar-refractivity contribution is 7.13. The second-order valence-corrected chi connectivity index (χ2v) is 6.59. The lowest BCUT2D eigenvalue weighted by Crippen LogP contribution is -2.44. The van der Waals surface area contributed by atoms with E-state index in [2.05, 4.69) is 10.3 Å². The van der Waals surface area contributed by atoms with Crippen molar-refractivity contribution in [2.24, 2.45) is 5.92 Å². The summed E-state index contributed by atoms with van der Waals surface area (Å²) < 4.78 is 5.18. The lowest BCUT2D eigenvalue weighted by atomic mass is 9.84. The van der Waals surface area contributed by atoms with E-state index in [9.17, 15) is 9.59 Å². The summed E-state index contributed by atoms with van der Waals surface area (Å²) in [5.74, 6) is 0.372. The number of hydrogen-bond acceptors (Lipinski definition) is 5. The number of anilines is 1. The van der Waals surface area contributed by atoms with Crippen molar-refractivity contribution in [1.82, 2.24) is 9.88 Å². The molecule has 1 aliphatic heterocycles. The third-order valence-corrected chi connectivity index (χ3v) is 5.01. The van der Waals surface area contributed by atoms with Crippen molar-refractivity contribution < 1.29 is 14.3 Å². The van der Waals surface area contributed by atoms with Crippen LogP contribution in [0.3, 0.4) is 0 Å². The number of rotatable bonds is 4.